The molecule has 24 heavy (non-hydrogen) atoms. The van der Waals surface area contributed by atoms with Crippen molar-refractivity contribution in [3.63, 3.8) is 0 Å². The maximum Gasteiger partial charge on any atom is 0.471 e. The lowest BCUT2D eigenvalue weighted by molar-refractivity contribution is -0.159. The van der Waals surface area contributed by atoms with Crippen LogP contribution in [0.25, 0.3) is 11.4 Å². The third-order valence-corrected chi connectivity index (χ3v) is 4.30. The summed E-state index contributed by atoms with van der Waals surface area (Å²) in [7, 11) is 0. The second-order valence-corrected chi connectivity index (χ2v) is 5.88. The van der Waals surface area contributed by atoms with Crippen molar-refractivity contribution in [2.45, 2.75) is 25.2 Å². The molecule has 2 heterocycles. The number of hydrogen-bond acceptors (Lipinski definition) is 4. The van der Waals surface area contributed by atoms with Gasteiger partial charge in [-0.3, -0.25) is 4.79 Å². The Balaban J connectivity index is 1.50. The Hall–Kier alpha value is -2.64. The quantitative estimate of drug-likeness (QED) is 0.809. The van der Waals surface area contributed by atoms with E-state index in [9.17, 15) is 18.0 Å². The molecule has 1 aliphatic heterocycles. The second-order valence-electron chi connectivity index (χ2n) is 5.88. The Bertz CT molecular complexity index is 811. The zero-order chi connectivity index (χ0) is 16.9. The summed E-state index contributed by atoms with van der Waals surface area (Å²) in [5.74, 6) is -1.37. The normalized spacial score (nSPS) is 22.6. The Labute approximate surface area is 134 Å². The second kappa shape index (κ2) is 5.19. The van der Waals surface area contributed by atoms with Crippen molar-refractivity contribution in [3.8, 4) is 11.4 Å². The van der Waals surface area contributed by atoms with E-state index in [0.717, 1.165) is 12.0 Å². The number of benzene rings is 1. The van der Waals surface area contributed by atoms with Gasteiger partial charge in [0.25, 0.3) is 0 Å². The highest BCUT2D eigenvalue weighted by Gasteiger charge is 2.40. The van der Waals surface area contributed by atoms with Crippen molar-refractivity contribution in [2.75, 3.05) is 0 Å². The van der Waals surface area contributed by atoms with E-state index in [4.69, 9.17) is 0 Å². The lowest BCUT2D eigenvalue weighted by Gasteiger charge is -2.24. The van der Waals surface area contributed by atoms with Crippen LogP contribution in [0.2, 0.25) is 0 Å². The minimum absolute atomic E-state index is 0.00519. The number of likely N-dealkylation sites (tertiary alicyclic amines) is 1. The average Bonchev–Trinajstić information content (AvgIpc) is 3.25. The standard InChI is InChI=1S/C16H12F3N3O2/c17-16(18,19)15-20-13(21-24-15)10-3-1-9(2-4-10)8-22-12-6-5-11(7-12)14(22)23/h1-6,11-12H,7-8H2. The van der Waals surface area contributed by atoms with Gasteiger partial charge in [0.2, 0.25) is 11.7 Å². The molecule has 4 rings (SSSR count). The number of hydrogen-bond donors (Lipinski definition) is 0. The SMILES string of the molecule is O=C1C2C=CC(C2)N1Cc1ccc(-c2noc(C(F)(F)F)n2)cc1. The Morgan fingerprint density at radius 3 is 2.54 bits per heavy atom. The lowest BCUT2D eigenvalue weighted by atomic mass is 10.1. The summed E-state index contributed by atoms with van der Waals surface area (Å²) in [6.45, 7) is 0.477. The summed E-state index contributed by atoms with van der Waals surface area (Å²) in [6, 6.07) is 6.89. The largest absolute Gasteiger partial charge is 0.471 e. The first kappa shape index (κ1) is 14.9. The summed E-state index contributed by atoms with van der Waals surface area (Å²) in [4.78, 5) is 17.3. The van der Waals surface area contributed by atoms with Crippen LogP contribution < -0.4 is 0 Å². The number of fused-ring (bicyclic) bond motifs is 2. The molecule has 0 saturated carbocycles. The van der Waals surface area contributed by atoms with Crippen molar-refractivity contribution in [1.82, 2.24) is 15.0 Å². The highest BCUT2D eigenvalue weighted by molar-refractivity contribution is 5.85. The fraction of sp³-hybridized carbons (Fsp3) is 0.312. The molecule has 2 aliphatic rings. The van der Waals surface area contributed by atoms with Gasteiger partial charge in [0.1, 0.15) is 0 Å². The van der Waals surface area contributed by atoms with E-state index in [1.54, 1.807) is 24.3 Å². The van der Waals surface area contributed by atoms with Gasteiger partial charge in [-0.05, 0) is 12.0 Å². The fourth-order valence-corrected chi connectivity index (χ4v) is 3.08. The molecular weight excluding hydrogens is 323 g/mol. The van der Waals surface area contributed by atoms with Gasteiger partial charge in [-0.1, -0.05) is 41.6 Å². The number of rotatable bonds is 3. The van der Waals surface area contributed by atoms with Crippen molar-refractivity contribution in [2.24, 2.45) is 5.92 Å². The predicted molar refractivity (Wildman–Crippen MR) is 76.3 cm³/mol. The molecule has 0 radical (unpaired) electrons. The number of alkyl halides is 3. The van der Waals surface area contributed by atoms with Crippen LogP contribution in [0.5, 0.6) is 0 Å². The molecule has 124 valence electrons. The topological polar surface area (TPSA) is 59.2 Å². The van der Waals surface area contributed by atoms with Gasteiger partial charge >= 0.3 is 12.1 Å². The van der Waals surface area contributed by atoms with E-state index < -0.39 is 12.1 Å². The van der Waals surface area contributed by atoms with E-state index >= 15 is 0 Å². The molecule has 0 N–H and O–H groups in total. The molecule has 2 unspecified atom stereocenters. The molecule has 1 fully saturated rings. The van der Waals surface area contributed by atoms with Crippen LogP contribution in [0.1, 0.15) is 17.9 Å². The molecule has 8 heteroatoms. The Morgan fingerprint density at radius 1 is 1.21 bits per heavy atom. The Kier molecular flexibility index (Phi) is 3.22. The summed E-state index contributed by atoms with van der Waals surface area (Å²) in [6.07, 6.45) is 0.160. The maximum absolute atomic E-state index is 12.5. The van der Waals surface area contributed by atoms with Crippen LogP contribution in [0.4, 0.5) is 13.2 Å². The molecule has 1 saturated heterocycles. The van der Waals surface area contributed by atoms with Crippen molar-refractivity contribution >= 4 is 5.91 Å². The van der Waals surface area contributed by atoms with Crippen LogP contribution in [0.3, 0.4) is 0 Å². The lowest BCUT2D eigenvalue weighted by Crippen LogP contribution is -2.34. The number of nitrogens with zero attached hydrogens (tertiary/aromatic N) is 3. The maximum atomic E-state index is 12.5. The fourth-order valence-electron chi connectivity index (χ4n) is 3.08. The Morgan fingerprint density at radius 2 is 1.96 bits per heavy atom. The molecule has 1 aromatic carbocycles. The first-order chi connectivity index (χ1) is 11.4. The molecule has 2 atom stereocenters. The van der Waals surface area contributed by atoms with Crippen LogP contribution in [-0.4, -0.2) is 27.0 Å². The summed E-state index contributed by atoms with van der Waals surface area (Å²) < 4.78 is 41.7. The van der Waals surface area contributed by atoms with Crippen LogP contribution in [0, 0.1) is 5.92 Å². The minimum atomic E-state index is -4.66. The predicted octanol–water partition coefficient (Wildman–Crippen LogP) is 3.04. The van der Waals surface area contributed by atoms with Gasteiger partial charge in [0, 0.05) is 12.1 Å². The first-order valence-electron chi connectivity index (χ1n) is 7.41. The van der Waals surface area contributed by atoms with Crippen molar-refractivity contribution in [1.29, 1.82) is 0 Å². The molecule has 0 spiro atoms. The number of carbonyl (C=O) groups excluding carboxylic acids is 1. The zero-order valence-electron chi connectivity index (χ0n) is 12.3. The van der Waals surface area contributed by atoms with Crippen molar-refractivity contribution in [3.05, 3.63) is 47.9 Å². The third-order valence-electron chi connectivity index (χ3n) is 4.30. The minimum Gasteiger partial charge on any atom is -0.331 e. The highest BCUT2D eigenvalue weighted by atomic mass is 19.4. The van der Waals surface area contributed by atoms with E-state index in [0.29, 0.717) is 12.1 Å². The third kappa shape index (κ3) is 2.47. The molecule has 5 nitrogen and oxygen atoms in total. The van der Waals surface area contributed by atoms with Gasteiger partial charge in [0.15, 0.2) is 0 Å². The first-order valence-corrected chi connectivity index (χ1v) is 7.41. The highest BCUT2D eigenvalue weighted by Crippen LogP contribution is 2.34. The number of carbonyl (C=O) groups is 1. The van der Waals surface area contributed by atoms with E-state index in [2.05, 4.69) is 14.7 Å². The van der Waals surface area contributed by atoms with Gasteiger partial charge in [0.05, 0.1) is 12.0 Å². The van der Waals surface area contributed by atoms with Gasteiger partial charge in [-0.25, -0.2) is 0 Å². The smallest absolute Gasteiger partial charge is 0.331 e. The molecule has 2 bridgehead atoms. The summed E-state index contributed by atoms with van der Waals surface area (Å²) >= 11 is 0. The molecule has 2 aromatic rings. The molecule has 1 aromatic heterocycles. The van der Waals surface area contributed by atoms with E-state index in [1.807, 2.05) is 17.1 Å². The molecular formula is C16H12F3N3O2. The number of aromatic nitrogens is 2. The van der Waals surface area contributed by atoms with Crippen LogP contribution in [0.15, 0.2) is 40.9 Å². The number of halogens is 3. The van der Waals surface area contributed by atoms with Gasteiger partial charge < -0.3 is 9.42 Å². The average molecular weight is 335 g/mol. The van der Waals surface area contributed by atoms with Gasteiger partial charge in [-0.2, -0.15) is 18.2 Å². The monoisotopic (exact) mass is 335 g/mol. The van der Waals surface area contributed by atoms with E-state index in [1.165, 1.54) is 0 Å². The molecule has 1 aliphatic carbocycles. The van der Waals surface area contributed by atoms with Crippen LogP contribution in [-0.2, 0) is 17.5 Å². The number of amides is 1. The summed E-state index contributed by atoms with van der Waals surface area (Å²) in [5.41, 5.74) is 1.32. The van der Waals surface area contributed by atoms with Crippen LogP contribution >= 0.6 is 0 Å². The van der Waals surface area contributed by atoms with Crippen molar-refractivity contribution < 1.29 is 22.5 Å². The van der Waals surface area contributed by atoms with E-state index in [-0.39, 0.29) is 23.7 Å². The van der Waals surface area contributed by atoms with Gasteiger partial charge in [-0.15, -0.1) is 0 Å². The summed E-state index contributed by atoms with van der Waals surface area (Å²) in [5, 5.41) is 3.35. The zero-order valence-corrected chi connectivity index (χ0v) is 12.3. The molecule has 1 amide bonds.